The lowest BCUT2D eigenvalue weighted by Crippen LogP contribution is -2.63. The van der Waals surface area contributed by atoms with Crippen molar-refractivity contribution in [2.24, 2.45) is 17.6 Å². The smallest absolute Gasteiger partial charge is 0.418 e. The summed E-state index contributed by atoms with van der Waals surface area (Å²) in [5.41, 5.74) is 0.109. The van der Waals surface area contributed by atoms with Gasteiger partial charge in [-0.2, -0.15) is 13.2 Å². The third-order valence-electron chi connectivity index (χ3n) is 15.1. The lowest BCUT2D eigenvalue weighted by molar-refractivity contribution is -0.152. The summed E-state index contributed by atoms with van der Waals surface area (Å²) in [5, 5.41) is 26.7. The Kier molecular flexibility index (Phi) is 24.7. The van der Waals surface area contributed by atoms with Crippen LogP contribution >= 0.6 is 27.5 Å². The van der Waals surface area contributed by atoms with Crippen LogP contribution in [0.15, 0.2) is 66.3 Å². The summed E-state index contributed by atoms with van der Waals surface area (Å²) in [7, 11) is 4.20. The molecule has 8 amide bonds. The van der Waals surface area contributed by atoms with E-state index in [0.29, 0.717) is 37.3 Å². The van der Waals surface area contributed by atoms with Gasteiger partial charge in [-0.05, 0) is 108 Å². The fourth-order valence-electron chi connectivity index (χ4n) is 10.2. The highest BCUT2D eigenvalue weighted by Gasteiger charge is 2.64. The number of ether oxygens (including phenoxy) is 6. The van der Waals surface area contributed by atoms with Gasteiger partial charge in [0.25, 0.3) is 0 Å². The van der Waals surface area contributed by atoms with Crippen molar-refractivity contribution in [3.05, 3.63) is 82.4 Å². The number of unbranched alkanes of at least 4 members (excludes halogenated alkanes) is 1. The number of epoxide rings is 1. The number of carbonyl (C=O) groups excluding carboxylic acids is 8. The van der Waals surface area contributed by atoms with Crippen molar-refractivity contribution in [3.8, 4) is 5.75 Å². The van der Waals surface area contributed by atoms with E-state index in [1.807, 2.05) is 6.92 Å². The highest BCUT2D eigenvalue weighted by molar-refractivity contribution is 9.09. The fourth-order valence-corrected chi connectivity index (χ4v) is 10.7. The van der Waals surface area contributed by atoms with Crippen molar-refractivity contribution in [2.75, 3.05) is 48.7 Å². The summed E-state index contributed by atoms with van der Waals surface area (Å²) in [6, 6.07) is 2.16. The van der Waals surface area contributed by atoms with Crippen molar-refractivity contribution >= 4 is 92.4 Å². The number of halogens is 5. The number of carbonyl (C=O) groups is 8. The molecule has 9 N–H and O–H groups in total. The van der Waals surface area contributed by atoms with Crippen LogP contribution in [0.4, 0.5) is 44.6 Å². The number of fused-ring (bicyclic) bond motifs is 5. The molecule has 0 unspecified atom stereocenters. The molecule has 4 bridgehead atoms. The summed E-state index contributed by atoms with van der Waals surface area (Å²) in [6.45, 7) is 15.3. The van der Waals surface area contributed by atoms with Crippen molar-refractivity contribution in [1.29, 1.82) is 0 Å². The number of primary amides is 1. The molecule has 0 radical (unpaired) electrons. The van der Waals surface area contributed by atoms with Gasteiger partial charge < -0.3 is 65.4 Å². The number of alkyl carbamates (subject to hydrolysis) is 1. The first-order valence-electron chi connectivity index (χ1n) is 28.1. The maximum Gasteiger partial charge on any atom is 0.418 e. The SMILES string of the molecule is C=C(CBr)C(=O)OC(C)(C)CCCCC(=O)N[C@H](C(=O)N[C@@H](CCCNC(N)=O)C(=O)Nc1ccc(NC(=O)O[C@H]2CC(=O)N(C)c3cc(cc(OC)c3Cl)C/C(C)=C/C=C/[C@@H](OC)[C@@]3(O)C[C@H](OC(=O)N3)[C@@H](C)[C@@H]3O[C@@]23C)cc1C(F)(F)F)C(C)C. The van der Waals surface area contributed by atoms with Gasteiger partial charge in [-0.1, -0.05) is 78.7 Å². The normalized spacial score (nSPS) is 24.0. The zero-order valence-corrected chi connectivity index (χ0v) is 52.6. The number of allylic oxidation sites excluding steroid dienone is 3. The van der Waals surface area contributed by atoms with Gasteiger partial charge in [-0.15, -0.1) is 0 Å². The van der Waals surface area contributed by atoms with Gasteiger partial charge in [0, 0.05) is 56.1 Å². The molecule has 3 aliphatic heterocycles. The summed E-state index contributed by atoms with van der Waals surface area (Å²) in [5.74, 6) is -4.72. The van der Waals surface area contributed by atoms with E-state index in [9.17, 15) is 43.5 Å². The van der Waals surface area contributed by atoms with Crippen LogP contribution < -0.4 is 47.3 Å². The lowest BCUT2D eigenvalue weighted by Gasteiger charge is -2.42. The lowest BCUT2D eigenvalue weighted by atomic mass is 9.83. The van der Waals surface area contributed by atoms with Crippen LogP contribution in [-0.4, -0.2) is 139 Å². The number of anilines is 3. The molecular formula is C59H79BrClF3N8O15. The Morgan fingerprint density at radius 1 is 1.03 bits per heavy atom. The topological polar surface area (TPSA) is 317 Å². The number of urea groups is 1. The Bertz CT molecular complexity index is 2970. The summed E-state index contributed by atoms with van der Waals surface area (Å²) in [6.07, 6.45) is -6.47. The van der Waals surface area contributed by atoms with Crippen molar-refractivity contribution in [1.82, 2.24) is 21.3 Å². The molecule has 0 aliphatic carbocycles. The molecule has 480 valence electrons. The maximum atomic E-state index is 15.0. The Morgan fingerprint density at radius 3 is 2.37 bits per heavy atom. The fraction of sp³-hybridized carbons (Fsp3) is 0.559. The van der Waals surface area contributed by atoms with Gasteiger partial charge in [0.15, 0.2) is 5.72 Å². The quantitative estimate of drug-likeness (QED) is 0.0137. The van der Waals surface area contributed by atoms with E-state index in [2.05, 4.69) is 54.4 Å². The number of nitrogens with zero attached hydrogens (tertiary/aromatic N) is 1. The number of hydrogen-bond acceptors (Lipinski definition) is 15. The highest BCUT2D eigenvalue weighted by atomic mass is 79.9. The standard InChI is InChI=1S/C59H79BrClF3N8O15/c1-31(2)48(70-45(73)19-12-13-22-56(6,7)87-52(77)33(4)30-60)51(76)69-39(17-15-23-66-53(65)78)50(75)68-38-21-20-36(27-37(38)59(62,63)64)67-54(79)85-44-28-46(74)72(9)40-25-35(26-41(82-10)47(40)61)24-32(3)16-14-18-43(83-11)58(81)29-42(84-55(80)71-58)34(5)49-57(44,8)86-49/h14,16,18,20-21,25-27,31,34,39,42-44,48-49,81H,4,12-13,15,17,19,22-24,28-30H2,1-3,5-11H3,(H,67,79)(H,68,75)(H,69,76)(H,70,73)(H,71,80)(H3,65,66,78)/b18-14+,32-16+/t34-,39+,42+,43-,44+,48+,49+,57+,58+/m1/s1. The number of rotatable bonds is 22. The molecule has 0 saturated carbocycles. The molecule has 0 aromatic heterocycles. The summed E-state index contributed by atoms with van der Waals surface area (Å²) in [4.78, 5) is 107. The van der Waals surface area contributed by atoms with E-state index in [1.165, 1.54) is 33.1 Å². The van der Waals surface area contributed by atoms with Crippen molar-refractivity contribution in [3.63, 3.8) is 0 Å². The molecule has 2 saturated heterocycles. The molecule has 28 heteroatoms. The Labute approximate surface area is 516 Å². The molecule has 0 spiro atoms. The number of amides is 8. The Hall–Kier alpha value is -6.94. The number of esters is 1. The number of benzene rings is 2. The number of methoxy groups -OCH3 is 2. The molecule has 2 aromatic carbocycles. The molecule has 5 rings (SSSR count). The van der Waals surface area contributed by atoms with Gasteiger partial charge in [-0.3, -0.25) is 29.8 Å². The monoisotopic (exact) mass is 1310 g/mol. The molecular weight excluding hydrogens is 1230 g/mol. The first-order chi connectivity index (χ1) is 40.6. The minimum atomic E-state index is -5.18. The zero-order valence-electron chi connectivity index (χ0n) is 50.3. The number of nitrogens with one attached hydrogen (secondary N) is 6. The van der Waals surface area contributed by atoms with E-state index in [1.54, 1.807) is 65.0 Å². The maximum absolute atomic E-state index is 15.0. The highest BCUT2D eigenvalue weighted by Crippen LogP contribution is 2.49. The number of hydrogen-bond donors (Lipinski definition) is 8. The summed E-state index contributed by atoms with van der Waals surface area (Å²) >= 11 is 9.96. The molecule has 3 heterocycles. The minimum absolute atomic E-state index is 0.00826. The predicted octanol–water partition coefficient (Wildman–Crippen LogP) is 8.24. The van der Waals surface area contributed by atoms with Crippen molar-refractivity contribution < 1.29 is 85.1 Å². The van der Waals surface area contributed by atoms with Gasteiger partial charge in [0.2, 0.25) is 23.6 Å². The van der Waals surface area contributed by atoms with E-state index >= 15 is 13.2 Å². The van der Waals surface area contributed by atoms with Gasteiger partial charge in [0.1, 0.15) is 52.4 Å². The number of aliphatic hydroxyl groups is 1. The van der Waals surface area contributed by atoms with Crippen molar-refractivity contribution in [2.45, 2.75) is 166 Å². The second kappa shape index (κ2) is 30.3. The first-order valence-corrected chi connectivity index (χ1v) is 29.6. The zero-order chi connectivity index (χ0) is 64.9. The average Bonchev–Trinajstić information content (AvgIpc) is 1.73. The third kappa shape index (κ3) is 19.5. The first kappa shape index (κ1) is 70.8. The Balaban J connectivity index is 1.38. The number of alkyl halides is 4. The predicted molar refractivity (Wildman–Crippen MR) is 320 cm³/mol. The third-order valence-corrected chi connectivity index (χ3v) is 16.2. The molecule has 3 aliphatic rings. The second-order valence-electron chi connectivity index (χ2n) is 22.9. The average molecular weight is 1310 g/mol. The van der Waals surface area contributed by atoms with Crippen LogP contribution in [-0.2, 0) is 60.3 Å². The van der Waals surface area contributed by atoms with E-state index in [4.69, 9.17) is 45.8 Å². The molecule has 2 fully saturated rings. The van der Waals surface area contributed by atoms with Crippen LogP contribution in [0.25, 0.3) is 0 Å². The van der Waals surface area contributed by atoms with Crippen LogP contribution in [0, 0.1) is 11.8 Å². The molecule has 23 nitrogen and oxygen atoms in total. The molecule has 87 heavy (non-hydrogen) atoms. The van der Waals surface area contributed by atoms with E-state index in [-0.39, 0.29) is 59.6 Å². The molecule has 2 aromatic rings. The minimum Gasteiger partial charge on any atom is -0.495 e. The number of nitrogens with two attached hydrogens (primary N) is 1. The van der Waals surface area contributed by atoms with E-state index in [0.717, 1.165) is 17.7 Å². The molecule has 9 atom stereocenters. The van der Waals surface area contributed by atoms with E-state index < -0.39 is 143 Å². The second-order valence-corrected chi connectivity index (χ2v) is 23.9. The summed E-state index contributed by atoms with van der Waals surface area (Å²) < 4.78 is 79.6. The largest absolute Gasteiger partial charge is 0.495 e. The van der Waals surface area contributed by atoms with Crippen LogP contribution in [0.1, 0.15) is 111 Å². The van der Waals surface area contributed by atoms with Gasteiger partial charge in [0.05, 0.1) is 36.6 Å². The van der Waals surface area contributed by atoms with Gasteiger partial charge in [-0.25, -0.2) is 19.2 Å². The van der Waals surface area contributed by atoms with Gasteiger partial charge >= 0.3 is 30.4 Å². The van der Waals surface area contributed by atoms with Crippen LogP contribution in [0.2, 0.25) is 5.02 Å². The van der Waals surface area contributed by atoms with Crippen LogP contribution in [0.5, 0.6) is 5.75 Å². The van der Waals surface area contributed by atoms with Crippen LogP contribution in [0.3, 0.4) is 0 Å². The Morgan fingerprint density at radius 2 is 1.74 bits per heavy atom.